The summed E-state index contributed by atoms with van der Waals surface area (Å²) in [5.74, 6) is -0.819. The number of amides is 2. The van der Waals surface area contributed by atoms with E-state index in [2.05, 4.69) is 10.3 Å². The molecule has 2 aromatic carbocycles. The monoisotopic (exact) mass is 447 g/mol. The second-order valence-corrected chi connectivity index (χ2v) is 8.91. The van der Waals surface area contributed by atoms with Crippen molar-refractivity contribution in [2.45, 2.75) is 39.8 Å². The van der Waals surface area contributed by atoms with Gasteiger partial charge in [0.15, 0.2) is 0 Å². The minimum atomic E-state index is -0.629. The number of esters is 1. The molecule has 0 saturated heterocycles. The third kappa shape index (κ3) is 4.49. The van der Waals surface area contributed by atoms with E-state index in [1.54, 1.807) is 23.1 Å². The van der Waals surface area contributed by atoms with Crippen molar-refractivity contribution in [2.75, 3.05) is 13.7 Å². The molecule has 1 aliphatic rings. The Morgan fingerprint density at radius 2 is 1.76 bits per heavy atom. The minimum Gasteiger partial charge on any atom is -0.465 e. The fourth-order valence-corrected chi connectivity index (χ4v) is 4.29. The van der Waals surface area contributed by atoms with Gasteiger partial charge in [0.25, 0.3) is 5.91 Å². The average molecular weight is 448 g/mol. The normalized spacial score (nSPS) is 14.2. The first-order valence-corrected chi connectivity index (χ1v) is 11.2. The summed E-state index contributed by atoms with van der Waals surface area (Å²) in [5.41, 5.74) is 5.08. The number of fused-ring (bicyclic) bond motifs is 3. The number of hydrogen-bond acceptors (Lipinski definition) is 4. The van der Waals surface area contributed by atoms with Gasteiger partial charge in [0, 0.05) is 47.2 Å². The molecular formula is C26H29N3O4. The molecule has 7 heteroatoms. The van der Waals surface area contributed by atoms with Crippen LogP contribution in [0.3, 0.4) is 0 Å². The second-order valence-electron chi connectivity index (χ2n) is 8.91. The van der Waals surface area contributed by atoms with Gasteiger partial charge in [0.1, 0.15) is 6.04 Å². The molecule has 7 nitrogen and oxygen atoms in total. The van der Waals surface area contributed by atoms with Crippen LogP contribution in [0.15, 0.2) is 42.5 Å². The number of nitrogens with one attached hydrogen (secondary N) is 2. The minimum absolute atomic E-state index is 0.0674. The molecule has 0 bridgehead atoms. The molecule has 1 unspecified atom stereocenters. The Morgan fingerprint density at radius 1 is 1.06 bits per heavy atom. The number of carbonyl (C=O) groups excluding carboxylic acids is 3. The second kappa shape index (κ2) is 9.10. The standard InChI is InChI=1S/C26H29N3O4/c1-15(2)23(28-24(30)17-7-5-16(3)6-8-17)25(31)29-12-11-22-20(14-29)19-13-18(26(32)33-4)9-10-21(19)27-22/h5-10,13,15,23,27H,11-12,14H2,1-4H3,(H,28,30). The first-order valence-electron chi connectivity index (χ1n) is 11.2. The number of aryl methyl sites for hydroxylation is 1. The van der Waals surface area contributed by atoms with E-state index in [1.807, 2.05) is 45.0 Å². The lowest BCUT2D eigenvalue weighted by molar-refractivity contribution is -0.135. The molecule has 172 valence electrons. The van der Waals surface area contributed by atoms with Crippen LogP contribution in [0.5, 0.6) is 0 Å². The summed E-state index contributed by atoms with van der Waals surface area (Å²) >= 11 is 0. The van der Waals surface area contributed by atoms with E-state index < -0.39 is 12.0 Å². The van der Waals surface area contributed by atoms with Crippen LogP contribution in [0.4, 0.5) is 0 Å². The summed E-state index contributed by atoms with van der Waals surface area (Å²) in [5, 5.41) is 3.85. The van der Waals surface area contributed by atoms with Crippen molar-refractivity contribution in [1.29, 1.82) is 0 Å². The van der Waals surface area contributed by atoms with Gasteiger partial charge in [-0.1, -0.05) is 31.5 Å². The van der Waals surface area contributed by atoms with Crippen molar-refractivity contribution in [3.05, 3.63) is 70.4 Å². The van der Waals surface area contributed by atoms with Crippen LogP contribution in [0.2, 0.25) is 0 Å². The van der Waals surface area contributed by atoms with Crippen molar-refractivity contribution < 1.29 is 19.1 Å². The Morgan fingerprint density at radius 3 is 2.42 bits per heavy atom. The molecule has 1 aliphatic heterocycles. The number of aromatic amines is 1. The van der Waals surface area contributed by atoms with Gasteiger partial charge in [0.2, 0.25) is 5.91 Å². The molecule has 2 amide bonds. The van der Waals surface area contributed by atoms with Crippen LogP contribution < -0.4 is 5.32 Å². The van der Waals surface area contributed by atoms with Gasteiger partial charge in [-0.3, -0.25) is 9.59 Å². The van der Waals surface area contributed by atoms with E-state index in [1.165, 1.54) is 7.11 Å². The molecule has 33 heavy (non-hydrogen) atoms. The first-order chi connectivity index (χ1) is 15.8. The van der Waals surface area contributed by atoms with E-state index >= 15 is 0 Å². The van der Waals surface area contributed by atoms with E-state index in [-0.39, 0.29) is 17.7 Å². The maximum Gasteiger partial charge on any atom is 0.337 e. The summed E-state index contributed by atoms with van der Waals surface area (Å²) < 4.78 is 4.85. The van der Waals surface area contributed by atoms with Gasteiger partial charge in [-0.05, 0) is 43.2 Å². The molecule has 0 fully saturated rings. The summed E-state index contributed by atoms with van der Waals surface area (Å²) in [6.45, 7) is 6.81. The van der Waals surface area contributed by atoms with Gasteiger partial charge in [0.05, 0.1) is 12.7 Å². The summed E-state index contributed by atoms with van der Waals surface area (Å²) in [6, 6.07) is 12.1. The van der Waals surface area contributed by atoms with Gasteiger partial charge in [-0.25, -0.2) is 4.79 Å². The lowest BCUT2D eigenvalue weighted by atomic mass is 9.98. The largest absolute Gasteiger partial charge is 0.465 e. The molecular weight excluding hydrogens is 418 g/mol. The highest BCUT2D eigenvalue weighted by molar-refractivity contribution is 5.98. The number of benzene rings is 2. The molecule has 0 radical (unpaired) electrons. The zero-order valence-corrected chi connectivity index (χ0v) is 19.4. The summed E-state index contributed by atoms with van der Waals surface area (Å²) in [6.07, 6.45) is 0.681. The molecule has 3 aromatic rings. The molecule has 0 saturated carbocycles. The maximum atomic E-state index is 13.5. The number of methoxy groups -OCH3 is 1. The molecule has 1 aromatic heterocycles. The molecule has 2 N–H and O–H groups in total. The van der Waals surface area contributed by atoms with Crippen molar-refractivity contribution in [3.8, 4) is 0 Å². The third-order valence-electron chi connectivity index (χ3n) is 6.24. The van der Waals surface area contributed by atoms with Crippen molar-refractivity contribution >= 4 is 28.7 Å². The van der Waals surface area contributed by atoms with Gasteiger partial charge < -0.3 is 19.9 Å². The molecule has 4 rings (SSSR count). The van der Waals surface area contributed by atoms with E-state index in [0.717, 1.165) is 27.7 Å². The van der Waals surface area contributed by atoms with E-state index in [9.17, 15) is 14.4 Å². The molecule has 0 aliphatic carbocycles. The van der Waals surface area contributed by atoms with Crippen LogP contribution >= 0.6 is 0 Å². The number of aromatic nitrogens is 1. The molecule has 1 atom stereocenters. The van der Waals surface area contributed by atoms with Gasteiger partial charge >= 0.3 is 5.97 Å². The van der Waals surface area contributed by atoms with Crippen molar-refractivity contribution in [3.63, 3.8) is 0 Å². The van der Waals surface area contributed by atoms with Crippen LogP contribution in [-0.2, 0) is 22.5 Å². The Labute approximate surface area is 193 Å². The first kappa shape index (κ1) is 22.6. The summed E-state index contributed by atoms with van der Waals surface area (Å²) in [7, 11) is 1.36. The summed E-state index contributed by atoms with van der Waals surface area (Å²) in [4.78, 5) is 43.5. The molecule has 2 heterocycles. The predicted octanol–water partition coefficient (Wildman–Crippen LogP) is 3.60. The number of rotatable bonds is 5. The Bertz CT molecular complexity index is 1210. The number of hydrogen-bond donors (Lipinski definition) is 2. The van der Waals surface area contributed by atoms with Crippen LogP contribution in [0.1, 0.15) is 51.4 Å². The lowest BCUT2D eigenvalue weighted by Crippen LogP contribution is -2.52. The number of H-pyrrole nitrogens is 1. The van der Waals surface area contributed by atoms with Crippen LogP contribution in [-0.4, -0.2) is 47.4 Å². The highest BCUT2D eigenvalue weighted by Crippen LogP contribution is 2.29. The average Bonchev–Trinajstić information content (AvgIpc) is 3.18. The SMILES string of the molecule is COC(=O)c1ccc2[nH]c3c(c2c1)CN(C(=O)C(NC(=O)c1ccc(C)cc1)C(C)C)CC3. The lowest BCUT2D eigenvalue weighted by Gasteiger charge is -2.32. The zero-order valence-electron chi connectivity index (χ0n) is 19.4. The zero-order chi connectivity index (χ0) is 23.7. The third-order valence-corrected chi connectivity index (χ3v) is 6.24. The number of carbonyl (C=O) groups is 3. The number of nitrogens with zero attached hydrogens (tertiary/aromatic N) is 1. The Kier molecular flexibility index (Phi) is 6.22. The molecule has 0 spiro atoms. The van der Waals surface area contributed by atoms with Gasteiger partial charge in [-0.15, -0.1) is 0 Å². The van der Waals surface area contributed by atoms with Crippen molar-refractivity contribution in [1.82, 2.24) is 15.2 Å². The van der Waals surface area contributed by atoms with E-state index in [4.69, 9.17) is 4.74 Å². The van der Waals surface area contributed by atoms with E-state index in [0.29, 0.717) is 30.6 Å². The highest BCUT2D eigenvalue weighted by Gasteiger charge is 2.32. The highest BCUT2D eigenvalue weighted by atomic mass is 16.5. The predicted molar refractivity (Wildman–Crippen MR) is 126 cm³/mol. The smallest absolute Gasteiger partial charge is 0.337 e. The van der Waals surface area contributed by atoms with Crippen LogP contribution in [0, 0.1) is 12.8 Å². The quantitative estimate of drug-likeness (QED) is 0.585. The van der Waals surface area contributed by atoms with Crippen molar-refractivity contribution in [2.24, 2.45) is 5.92 Å². The Balaban J connectivity index is 1.56. The topological polar surface area (TPSA) is 91.5 Å². The Hall–Kier alpha value is -3.61. The maximum absolute atomic E-state index is 13.5. The van der Waals surface area contributed by atoms with Gasteiger partial charge in [-0.2, -0.15) is 0 Å². The fraction of sp³-hybridized carbons (Fsp3) is 0.346. The van der Waals surface area contributed by atoms with Crippen LogP contribution in [0.25, 0.3) is 10.9 Å². The number of ether oxygens (including phenoxy) is 1. The fourth-order valence-electron chi connectivity index (χ4n) is 4.29.